The average Bonchev–Trinajstić information content (AvgIpc) is 3.69. The van der Waals surface area contributed by atoms with Gasteiger partial charge in [0.1, 0.15) is 16.9 Å². The molecule has 0 aliphatic carbocycles. The number of hydrogen-bond donors (Lipinski definition) is 3. The molecule has 1 aliphatic rings. The van der Waals surface area contributed by atoms with Crippen LogP contribution in [0.5, 0.6) is 0 Å². The molecule has 34 heavy (non-hydrogen) atoms. The predicted octanol–water partition coefficient (Wildman–Crippen LogP) is 3.01. The molecule has 1 aliphatic heterocycles. The number of nitrogens with one attached hydrogen (secondary N) is 3. The molecule has 0 fully saturated rings. The largest absolute Gasteiger partial charge is 0.486 e. The van der Waals surface area contributed by atoms with Crippen LogP contribution >= 0.6 is 0 Å². The van der Waals surface area contributed by atoms with Crippen LogP contribution in [0.25, 0.3) is 50.9 Å². The van der Waals surface area contributed by atoms with Crippen molar-refractivity contribution in [2.24, 2.45) is 0 Å². The van der Waals surface area contributed by atoms with Crippen LogP contribution in [0.1, 0.15) is 11.9 Å². The fourth-order valence-corrected chi connectivity index (χ4v) is 3.91. The molecule has 7 heterocycles. The van der Waals surface area contributed by atoms with Gasteiger partial charge in [0.15, 0.2) is 23.2 Å². The van der Waals surface area contributed by atoms with E-state index < -0.39 is 6.10 Å². The minimum atomic E-state index is -0.447. The zero-order chi connectivity index (χ0) is 22.5. The smallest absolute Gasteiger partial charge is 0.254 e. The van der Waals surface area contributed by atoms with Gasteiger partial charge >= 0.3 is 0 Å². The highest BCUT2D eigenvalue weighted by molar-refractivity contribution is 6.00. The molecule has 12 nitrogen and oxygen atoms in total. The topological polar surface area (TPSA) is 152 Å². The Balaban J connectivity index is 1.56. The number of rotatable bonds is 4. The van der Waals surface area contributed by atoms with E-state index in [4.69, 9.17) is 19.8 Å². The van der Waals surface area contributed by atoms with Gasteiger partial charge in [-0.25, -0.2) is 19.9 Å². The Bertz CT molecular complexity index is 1690. The van der Waals surface area contributed by atoms with Gasteiger partial charge in [-0.1, -0.05) is 6.08 Å². The molecular weight excluding hydrogens is 434 g/mol. The van der Waals surface area contributed by atoms with Crippen molar-refractivity contribution in [1.82, 2.24) is 54.9 Å². The van der Waals surface area contributed by atoms with Gasteiger partial charge in [0.2, 0.25) is 0 Å². The van der Waals surface area contributed by atoms with Crippen molar-refractivity contribution in [3.63, 3.8) is 0 Å². The molecule has 1 atom stereocenters. The molecule has 1 unspecified atom stereocenters. The van der Waals surface area contributed by atoms with Crippen molar-refractivity contribution in [1.29, 1.82) is 0 Å². The maximum atomic E-state index is 5.76. The van der Waals surface area contributed by atoms with Gasteiger partial charge in [-0.05, 0) is 30.4 Å². The fraction of sp³-hybridized carbons (Fsp3) is 0.0455. The van der Waals surface area contributed by atoms with Gasteiger partial charge in [0.05, 0.1) is 35.6 Å². The molecular formula is C22H15N11O. The molecule has 6 aromatic rings. The van der Waals surface area contributed by atoms with Crippen LogP contribution in [0.2, 0.25) is 0 Å². The average molecular weight is 449 g/mol. The van der Waals surface area contributed by atoms with Gasteiger partial charge < -0.3 is 14.7 Å². The molecule has 0 aromatic carbocycles. The van der Waals surface area contributed by atoms with Crippen LogP contribution in [0.3, 0.4) is 0 Å². The Kier molecular flexibility index (Phi) is 3.90. The zero-order valence-electron chi connectivity index (χ0n) is 17.4. The van der Waals surface area contributed by atoms with Crippen LogP contribution in [-0.2, 0) is 4.74 Å². The number of allylic oxidation sites excluding steroid dienone is 2. The van der Waals surface area contributed by atoms with E-state index in [1.54, 1.807) is 29.7 Å². The Morgan fingerprint density at radius 2 is 1.97 bits per heavy atom. The Morgan fingerprint density at radius 3 is 2.79 bits per heavy atom. The molecule has 6 aromatic heterocycles. The third-order valence-electron chi connectivity index (χ3n) is 5.46. The first-order valence-corrected chi connectivity index (χ1v) is 10.4. The highest BCUT2D eigenvalue weighted by Crippen LogP contribution is 2.35. The summed E-state index contributed by atoms with van der Waals surface area (Å²) in [6, 6.07) is 5.70. The minimum absolute atomic E-state index is 0.331. The SMILES string of the molecule is C1=COC(c2nc(-c3ccc[nH]3)c3c(-c4ccn[nH]4)nn(-c4ncc5[nH]cnc5n4)c3n2)C=C1. The highest BCUT2D eigenvalue weighted by Gasteiger charge is 2.26. The van der Waals surface area contributed by atoms with E-state index >= 15 is 0 Å². The maximum absolute atomic E-state index is 5.76. The molecule has 7 rings (SSSR count). The van der Waals surface area contributed by atoms with E-state index in [0.29, 0.717) is 40.1 Å². The summed E-state index contributed by atoms with van der Waals surface area (Å²) >= 11 is 0. The summed E-state index contributed by atoms with van der Waals surface area (Å²) in [7, 11) is 0. The number of fused-ring (bicyclic) bond motifs is 2. The van der Waals surface area contributed by atoms with Crippen molar-refractivity contribution in [3.05, 3.63) is 73.4 Å². The van der Waals surface area contributed by atoms with Crippen molar-refractivity contribution in [3.8, 4) is 28.7 Å². The number of imidazole rings is 1. The van der Waals surface area contributed by atoms with Crippen LogP contribution in [0, 0.1) is 0 Å². The van der Waals surface area contributed by atoms with Gasteiger partial charge in [-0.15, -0.1) is 0 Å². The van der Waals surface area contributed by atoms with E-state index in [-0.39, 0.29) is 0 Å². The van der Waals surface area contributed by atoms with E-state index in [1.807, 2.05) is 42.6 Å². The monoisotopic (exact) mass is 449 g/mol. The fourth-order valence-electron chi connectivity index (χ4n) is 3.91. The summed E-state index contributed by atoms with van der Waals surface area (Å²) in [4.78, 5) is 29.3. The van der Waals surface area contributed by atoms with Crippen LogP contribution in [-0.4, -0.2) is 54.9 Å². The van der Waals surface area contributed by atoms with Crippen LogP contribution < -0.4 is 0 Å². The summed E-state index contributed by atoms with van der Waals surface area (Å²) in [6.07, 6.45) is 13.5. The van der Waals surface area contributed by atoms with E-state index in [9.17, 15) is 0 Å². The number of hydrogen-bond acceptors (Lipinski definition) is 8. The first kappa shape index (κ1) is 18.4. The molecule has 3 N–H and O–H groups in total. The standard InChI is InChI=1S/C22H15N11O/c1-2-9-34-15(5-1)20-28-17(12-4-3-7-23-12)16-18(13-6-8-27-31-13)32-33(21(16)29-20)22-24-10-14-19(30-22)26-11-25-14/h1-11,15,23H,(H,27,31)(H,24,25,26,30). The first-order valence-electron chi connectivity index (χ1n) is 10.4. The second-order valence-corrected chi connectivity index (χ2v) is 7.52. The number of H-pyrrole nitrogens is 3. The van der Waals surface area contributed by atoms with Crippen LogP contribution in [0.4, 0.5) is 0 Å². The number of nitrogens with zero attached hydrogens (tertiary/aromatic N) is 8. The Morgan fingerprint density at radius 1 is 0.971 bits per heavy atom. The Hall–Kier alpha value is -5.13. The Labute approximate surface area is 190 Å². The summed E-state index contributed by atoms with van der Waals surface area (Å²) < 4.78 is 7.36. The van der Waals surface area contributed by atoms with Gasteiger partial charge in [0.25, 0.3) is 5.95 Å². The van der Waals surface area contributed by atoms with Gasteiger partial charge in [-0.3, -0.25) is 5.10 Å². The molecule has 12 heteroatoms. The lowest BCUT2D eigenvalue weighted by molar-refractivity contribution is 0.178. The zero-order valence-corrected chi connectivity index (χ0v) is 17.4. The maximum Gasteiger partial charge on any atom is 0.254 e. The molecule has 0 saturated heterocycles. The van der Waals surface area contributed by atoms with Crippen molar-refractivity contribution in [2.45, 2.75) is 6.10 Å². The molecule has 0 bridgehead atoms. The number of aromatic nitrogens is 11. The predicted molar refractivity (Wildman–Crippen MR) is 121 cm³/mol. The molecule has 0 spiro atoms. The van der Waals surface area contributed by atoms with Crippen molar-refractivity contribution < 1.29 is 4.74 Å². The molecule has 0 radical (unpaired) electrons. The normalized spacial score (nSPS) is 15.4. The molecule has 0 saturated carbocycles. The van der Waals surface area contributed by atoms with E-state index in [1.165, 1.54) is 0 Å². The van der Waals surface area contributed by atoms with Crippen molar-refractivity contribution in [2.75, 3.05) is 0 Å². The molecule has 0 amide bonds. The summed E-state index contributed by atoms with van der Waals surface area (Å²) in [5, 5.41) is 12.7. The number of aromatic amines is 3. The third-order valence-corrected chi connectivity index (χ3v) is 5.46. The van der Waals surface area contributed by atoms with Crippen molar-refractivity contribution >= 4 is 22.2 Å². The van der Waals surface area contributed by atoms with Crippen LogP contribution in [0.15, 0.2) is 67.6 Å². The second kappa shape index (κ2) is 7.20. The lowest BCUT2D eigenvalue weighted by atomic mass is 10.1. The highest BCUT2D eigenvalue weighted by atomic mass is 16.5. The third kappa shape index (κ3) is 2.82. The molecule has 164 valence electrons. The quantitative estimate of drug-likeness (QED) is 0.371. The first-order chi connectivity index (χ1) is 16.8. The summed E-state index contributed by atoms with van der Waals surface area (Å²) in [5.74, 6) is 0.813. The van der Waals surface area contributed by atoms with E-state index in [0.717, 1.165) is 16.6 Å². The van der Waals surface area contributed by atoms with E-state index in [2.05, 4.69) is 35.1 Å². The summed E-state index contributed by atoms with van der Waals surface area (Å²) in [5.41, 5.74) is 4.60. The minimum Gasteiger partial charge on any atom is -0.486 e. The number of ether oxygens (including phenoxy) is 1. The van der Waals surface area contributed by atoms with Gasteiger partial charge in [-0.2, -0.15) is 19.9 Å². The second-order valence-electron chi connectivity index (χ2n) is 7.52. The summed E-state index contributed by atoms with van der Waals surface area (Å²) in [6.45, 7) is 0. The lowest BCUT2D eigenvalue weighted by Gasteiger charge is -2.15. The lowest BCUT2D eigenvalue weighted by Crippen LogP contribution is -2.09. The van der Waals surface area contributed by atoms with Gasteiger partial charge in [0, 0.05) is 12.4 Å².